The molecule has 2 radical (unpaired) electrons. The number of hydrogen-bond donors (Lipinski definition) is 0. The van der Waals surface area contributed by atoms with Gasteiger partial charge in [0.05, 0.1) is 13.7 Å². The normalized spacial score (nSPS) is 21.6. The second-order valence-corrected chi connectivity index (χ2v) is 8.32. The zero-order valence-corrected chi connectivity index (χ0v) is 17.7. The summed E-state index contributed by atoms with van der Waals surface area (Å²) in [5.74, 6) is 4.25. The molecule has 0 unspecified atom stereocenters. The molecule has 1 fully saturated rings. The number of hydrogen-bond acceptors (Lipinski definition) is 4. The van der Waals surface area contributed by atoms with Crippen LogP contribution in [0.5, 0.6) is 11.5 Å². The second-order valence-electron chi connectivity index (χ2n) is 8.32. The highest BCUT2D eigenvalue weighted by Crippen LogP contribution is 2.34. The first-order valence-corrected chi connectivity index (χ1v) is 10.2. The summed E-state index contributed by atoms with van der Waals surface area (Å²) in [6.45, 7) is 10.3. The highest BCUT2D eigenvalue weighted by Gasteiger charge is 2.30. The van der Waals surface area contributed by atoms with E-state index < -0.39 is 0 Å². The van der Waals surface area contributed by atoms with Crippen molar-refractivity contribution in [2.45, 2.75) is 40.0 Å². The fourth-order valence-electron chi connectivity index (χ4n) is 4.01. The molecule has 0 spiro atoms. The van der Waals surface area contributed by atoms with E-state index in [-0.39, 0.29) is 0 Å². The van der Waals surface area contributed by atoms with E-state index in [4.69, 9.17) is 22.2 Å². The van der Waals surface area contributed by atoms with Gasteiger partial charge in [-0.3, -0.25) is 0 Å². The van der Waals surface area contributed by atoms with E-state index in [2.05, 4.69) is 32.9 Å². The minimum atomic E-state index is 0.632. The molecule has 0 saturated carbocycles. The van der Waals surface area contributed by atoms with Crippen molar-refractivity contribution in [1.82, 2.24) is 4.81 Å². The SMILES string of the molecule is [B]N1C[C@@H](C[C@H](Cc2ccc(OC)c(OCCCOC)c2)C(C)C)[C@H](C)C1. The van der Waals surface area contributed by atoms with Crippen molar-refractivity contribution < 1.29 is 14.2 Å². The Hall–Kier alpha value is -1.20. The highest BCUT2D eigenvalue weighted by molar-refractivity contribution is 6.04. The molecule has 3 atom stereocenters. The summed E-state index contributed by atoms with van der Waals surface area (Å²) in [6, 6.07) is 6.34. The van der Waals surface area contributed by atoms with Crippen LogP contribution in [0.4, 0.5) is 0 Å². The maximum atomic E-state index is 6.03. The van der Waals surface area contributed by atoms with Gasteiger partial charge in [0.2, 0.25) is 0 Å². The first kappa shape index (κ1) is 22.1. The number of nitrogens with zero attached hydrogens (tertiary/aromatic N) is 1. The smallest absolute Gasteiger partial charge is 0.182 e. The summed E-state index contributed by atoms with van der Waals surface area (Å²) < 4.78 is 16.5. The van der Waals surface area contributed by atoms with Crippen LogP contribution in [0.2, 0.25) is 0 Å². The summed E-state index contributed by atoms with van der Waals surface area (Å²) in [7, 11) is 9.43. The third kappa shape index (κ3) is 6.72. The van der Waals surface area contributed by atoms with Crippen molar-refractivity contribution >= 4 is 7.98 Å². The van der Waals surface area contributed by atoms with Gasteiger partial charge in [0.1, 0.15) is 0 Å². The minimum absolute atomic E-state index is 0.632. The summed E-state index contributed by atoms with van der Waals surface area (Å²) in [6.07, 6.45) is 3.15. The fraction of sp³-hybridized carbons (Fsp3) is 0.727. The van der Waals surface area contributed by atoms with Gasteiger partial charge in [0.25, 0.3) is 0 Å². The van der Waals surface area contributed by atoms with Crippen LogP contribution in [0, 0.1) is 23.7 Å². The van der Waals surface area contributed by atoms with Crippen molar-refractivity contribution in [3.8, 4) is 11.5 Å². The van der Waals surface area contributed by atoms with Gasteiger partial charge >= 0.3 is 0 Å². The zero-order chi connectivity index (χ0) is 19.8. The Bertz CT molecular complexity index is 566. The van der Waals surface area contributed by atoms with E-state index in [1.807, 2.05) is 10.9 Å². The van der Waals surface area contributed by atoms with Crippen LogP contribution in [-0.2, 0) is 11.2 Å². The molecule has 5 heteroatoms. The molecule has 0 N–H and O–H groups in total. The van der Waals surface area contributed by atoms with Crippen LogP contribution in [0.15, 0.2) is 18.2 Å². The highest BCUT2D eigenvalue weighted by atomic mass is 16.5. The van der Waals surface area contributed by atoms with Crippen molar-refractivity contribution in [1.29, 1.82) is 0 Å². The quantitative estimate of drug-likeness (QED) is 0.434. The van der Waals surface area contributed by atoms with Gasteiger partial charge in [0, 0.05) is 20.1 Å². The maximum absolute atomic E-state index is 6.03. The van der Waals surface area contributed by atoms with Crippen LogP contribution in [0.25, 0.3) is 0 Å². The zero-order valence-electron chi connectivity index (χ0n) is 17.7. The van der Waals surface area contributed by atoms with Gasteiger partial charge in [0.15, 0.2) is 19.5 Å². The summed E-state index contributed by atoms with van der Waals surface area (Å²) in [4.78, 5) is 1.98. The van der Waals surface area contributed by atoms with Crippen LogP contribution in [0.3, 0.4) is 0 Å². The molecular formula is C22H36BNO3. The van der Waals surface area contributed by atoms with Gasteiger partial charge in [-0.2, -0.15) is 0 Å². The van der Waals surface area contributed by atoms with Gasteiger partial charge in [-0.25, -0.2) is 0 Å². The van der Waals surface area contributed by atoms with Crippen LogP contribution in [0.1, 0.15) is 39.2 Å². The summed E-state index contributed by atoms with van der Waals surface area (Å²) >= 11 is 0. The molecule has 0 aliphatic carbocycles. The molecule has 1 heterocycles. The topological polar surface area (TPSA) is 30.9 Å². The lowest BCUT2D eigenvalue weighted by Crippen LogP contribution is -2.21. The Kier molecular flexibility index (Phi) is 8.97. The van der Waals surface area contributed by atoms with E-state index in [0.717, 1.165) is 37.4 Å². The number of benzene rings is 1. The van der Waals surface area contributed by atoms with E-state index in [1.54, 1.807) is 14.2 Å². The first-order valence-electron chi connectivity index (χ1n) is 10.2. The lowest BCUT2D eigenvalue weighted by molar-refractivity contribution is 0.170. The number of methoxy groups -OCH3 is 2. The molecule has 27 heavy (non-hydrogen) atoms. The molecule has 0 bridgehead atoms. The van der Waals surface area contributed by atoms with Crippen LogP contribution in [-0.4, -0.2) is 53.3 Å². The van der Waals surface area contributed by atoms with Gasteiger partial charge in [-0.05, 0) is 67.3 Å². The monoisotopic (exact) mass is 373 g/mol. The lowest BCUT2D eigenvalue weighted by Gasteiger charge is -2.26. The molecule has 1 aromatic rings. The first-order chi connectivity index (χ1) is 12.9. The molecule has 2 rings (SSSR count). The Morgan fingerprint density at radius 1 is 1.15 bits per heavy atom. The number of rotatable bonds is 11. The maximum Gasteiger partial charge on any atom is 0.182 e. The van der Waals surface area contributed by atoms with Gasteiger partial charge < -0.3 is 19.0 Å². The Morgan fingerprint density at radius 3 is 2.52 bits per heavy atom. The van der Waals surface area contributed by atoms with E-state index in [0.29, 0.717) is 36.9 Å². The summed E-state index contributed by atoms with van der Waals surface area (Å²) in [5, 5.41) is 0. The Balaban J connectivity index is 2.03. The van der Waals surface area contributed by atoms with Crippen LogP contribution >= 0.6 is 0 Å². The van der Waals surface area contributed by atoms with Crippen LogP contribution < -0.4 is 9.47 Å². The van der Waals surface area contributed by atoms with E-state index >= 15 is 0 Å². The molecule has 1 saturated heterocycles. The largest absolute Gasteiger partial charge is 0.493 e. The average molecular weight is 373 g/mol. The molecule has 0 amide bonds. The van der Waals surface area contributed by atoms with Gasteiger partial charge in [-0.15, -0.1) is 0 Å². The van der Waals surface area contributed by atoms with Crippen molar-refractivity contribution in [3.63, 3.8) is 0 Å². The second kappa shape index (κ2) is 11.0. The molecule has 1 aliphatic rings. The number of ether oxygens (including phenoxy) is 3. The lowest BCUT2D eigenvalue weighted by atomic mass is 9.79. The molecule has 1 aromatic carbocycles. The third-order valence-corrected chi connectivity index (χ3v) is 5.82. The minimum Gasteiger partial charge on any atom is -0.493 e. The average Bonchev–Trinajstić information content (AvgIpc) is 2.95. The molecule has 150 valence electrons. The molecule has 1 aliphatic heterocycles. The predicted octanol–water partition coefficient (Wildman–Crippen LogP) is 3.97. The fourth-order valence-corrected chi connectivity index (χ4v) is 4.01. The molecule has 4 nitrogen and oxygen atoms in total. The Labute approximate surface area is 167 Å². The predicted molar refractivity (Wildman–Crippen MR) is 112 cm³/mol. The standard InChI is InChI=1S/C22H36BNO3/c1-16(2)19(13-20-15-24(23)14-17(20)3)11-18-7-8-21(26-5)22(12-18)27-10-6-9-25-4/h7-8,12,16-17,19-20H,6,9-11,13-15H2,1-5H3/t17-,19+,20-/m1/s1. The summed E-state index contributed by atoms with van der Waals surface area (Å²) in [5.41, 5.74) is 1.31. The third-order valence-electron chi connectivity index (χ3n) is 5.82. The van der Waals surface area contributed by atoms with Crippen molar-refractivity contribution in [3.05, 3.63) is 23.8 Å². The van der Waals surface area contributed by atoms with Gasteiger partial charge in [-0.1, -0.05) is 26.8 Å². The molecule has 0 aromatic heterocycles. The molecular weight excluding hydrogens is 337 g/mol. The van der Waals surface area contributed by atoms with Crippen molar-refractivity contribution in [2.75, 3.05) is 40.5 Å². The van der Waals surface area contributed by atoms with Crippen molar-refractivity contribution in [2.24, 2.45) is 23.7 Å². The van der Waals surface area contributed by atoms with E-state index in [9.17, 15) is 0 Å². The Morgan fingerprint density at radius 2 is 1.93 bits per heavy atom. The van der Waals surface area contributed by atoms with E-state index in [1.165, 1.54) is 12.0 Å².